The van der Waals surface area contributed by atoms with E-state index < -0.39 is 0 Å². The Balaban J connectivity index is 1.70. The SMILES string of the molecule is CCNC(Cc1cccc(C)c1)C1CC2CCC1O2. The number of hydrogen-bond acceptors (Lipinski definition) is 2. The summed E-state index contributed by atoms with van der Waals surface area (Å²) < 4.78 is 6.03. The molecule has 1 aromatic rings. The fraction of sp³-hybridized carbons (Fsp3) is 0.647. The van der Waals surface area contributed by atoms with Gasteiger partial charge in [0.25, 0.3) is 0 Å². The lowest BCUT2D eigenvalue weighted by molar-refractivity contribution is 0.0858. The van der Waals surface area contributed by atoms with Crippen LogP contribution < -0.4 is 5.32 Å². The number of benzene rings is 1. The summed E-state index contributed by atoms with van der Waals surface area (Å²) in [7, 11) is 0. The van der Waals surface area contributed by atoms with Crippen LogP contribution in [0.25, 0.3) is 0 Å². The summed E-state index contributed by atoms with van der Waals surface area (Å²) in [4.78, 5) is 0. The van der Waals surface area contributed by atoms with Crippen LogP contribution in [-0.2, 0) is 11.2 Å². The van der Waals surface area contributed by atoms with Crippen molar-refractivity contribution in [2.24, 2.45) is 5.92 Å². The molecule has 2 aliphatic heterocycles. The van der Waals surface area contributed by atoms with Gasteiger partial charge in [-0.15, -0.1) is 0 Å². The zero-order valence-electron chi connectivity index (χ0n) is 12.1. The van der Waals surface area contributed by atoms with Crippen molar-refractivity contribution in [2.45, 2.75) is 57.8 Å². The van der Waals surface area contributed by atoms with Crippen LogP contribution in [0.1, 0.15) is 37.3 Å². The van der Waals surface area contributed by atoms with Crippen LogP contribution in [0.2, 0.25) is 0 Å². The van der Waals surface area contributed by atoms with Gasteiger partial charge in [0.05, 0.1) is 12.2 Å². The van der Waals surface area contributed by atoms with Gasteiger partial charge in [-0.25, -0.2) is 0 Å². The second kappa shape index (κ2) is 5.64. The second-order valence-electron chi connectivity index (χ2n) is 6.13. The first-order chi connectivity index (χ1) is 9.26. The van der Waals surface area contributed by atoms with E-state index in [-0.39, 0.29) is 0 Å². The van der Waals surface area contributed by atoms with Gasteiger partial charge in [-0.2, -0.15) is 0 Å². The van der Waals surface area contributed by atoms with Gasteiger partial charge in [0.15, 0.2) is 0 Å². The predicted octanol–water partition coefficient (Wildman–Crippen LogP) is 3.08. The summed E-state index contributed by atoms with van der Waals surface area (Å²) in [6.45, 7) is 5.42. The molecule has 1 aromatic carbocycles. The predicted molar refractivity (Wildman–Crippen MR) is 78.3 cm³/mol. The van der Waals surface area contributed by atoms with Crippen molar-refractivity contribution in [3.05, 3.63) is 35.4 Å². The van der Waals surface area contributed by atoms with Gasteiger partial charge in [0.2, 0.25) is 0 Å². The Bertz CT molecular complexity index is 431. The zero-order valence-corrected chi connectivity index (χ0v) is 12.1. The van der Waals surface area contributed by atoms with Gasteiger partial charge < -0.3 is 10.1 Å². The van der Waals surface area contributed by atoms with Crippen LogP contribution in [-0.4, -0.2) is 24.8 Å². The Hall–Kier alpha value is -0.860. The Morgan fingerprint density at radius 3 is 2.89 bits per heavy atom. The molecule has 1 N–H and O–H groups in total. The molecule has 2 heterocycles. The molecule has 104 valence electrons. The van der Waals surface area contributed by atoms with E-state index in [1.807, 2.05) is 0 Å². The minimum Gasteiger partial charge on any atom is -0.375 e. The standard InChI is InChI=1S/C17H25NO/c1-3-18-16(10-13-6-4-5-12(2)9-13)15-11-14-7-8-17(15)19-14/h4-6,9,14-18H,3,7-8,10-11H2,1-2H3. The molecule has 0 amide bonds. The molecule has 2 fully saturated rings. The van der Waals surface area contributed by atoms with Gasteiger partial charge in [-0.3, -0.25) is 0 Å². The first kappa shape index (κ1) is 13.1. The molecule has 0 spiro atoms. The number of ether oxygens (including phenoxy) is 1. The first-order valence-electron chi connectivity index (χ1n) is 7.70. The number of hydrogen-bond donors (Lipinski definition) is 1. The maximum atomic E-state index is 6.03. The third kappa shape index (κ3) is 2.85. The molecule has 3 rings (SSSR count). The third-order valence-electron chi connectivity index (χ3n) is 4.67. The third-order valence-corrected chi connectivity index (χ3v) is 4.67. The van der Waals surface area contributed by atoms with Crippen molar-refractivity contribution in [3.8, 4) is 0 Å². The molecule has 2 nitrogen and oxygen atoms in total. The van der Waals surface area contributed by atoms with Gasteiger partial charge in [-0.1, -0.05) is 36.8 Å². The molecular weight excluding hydrogens is 234 g/mol. The number of fused-ring (bicyclic) bond motifs is 2. The van der Waals surface area contributed by atoms with E-state index in [9.17, 15) is 0 Å². The Labute approximate surface area is 116 Å². The van der Waals surface area contributed by atoms with Crippen molar-refractivity contribution < 1.29 is 4.74 Å². The lowest BCUT2D eigenvalue weighted by Gasteiger charge is -2.29. The highest BCUT2D eigenvalue weighted by Crippen LogP contribution is 2.41. The molecule has 0 radical (unpaired) electrons. The molecule has 2 bridgehead atoms. The average molecular weight is 259 g/mol. The number of rotatable bonds is 5. The lowest BCUT2D eigenvalue weighted by atomic mass is 9.81. The van der Waals surface area contributed by atoms with E-state index in [1.54, 1.807) is 0 Å². The Morgan fingerprint density at radius 1 is 1.37 bits per heavy atom. The molecule has 0 aliphatic carbocycles. The maximum absolute atomic E-state index is 6.03. The van der Waals surface area contributed by atoms with Gasteiger partial charge in [0, 0.05) is 12.0 Å². The van der Waals surface area contributed by atoms with Crippen LogP contribution in [0.4, 0.5) is 0 Å². The maximum Gasteiger partial charge on any atom is 0.0623 e. The second-order valence-corrected chi connectivity index (χ2v) is 6.13. The van der Waals surface area contributed by atoms with Crippen molar-refractivity contribution in [1.29, 1.82) is 0 Å². The van der Waals surface area contributed by atoms with Crippen molar-refractivity contribution in [3.63, 3.8) is 0 Å². The first-order valence-corrected chi connectivity index (χ1v) is 7.70. The summed E-state index contributed by atoms with van der Waals surface area (Å²) in [6.07, 6.45) is 6.00. The van der Waals surface area contributed by atoms with Crippen LogP contribution in [0.3, 0.4) is 0 Å². The van der Waals surface area contributed by atoms with E-state index in [0.29, 0.717) is 24.2 Å². The quantitative estimate of drug-likeness (QED) is 0.877. The Kier molecular flexibility index (Phi) is 3.90. The normalized spacial score (nSPS) is 30.7. The van der Waals surface area contributed by atoms with Crippen LogP contribution in [0.5, 0.6) is 0 Å². The monoisotopic (exact) mass is 259 g/mol. The van der Waals surface area contributed by atoms with E-state index in [1.165, 1.54) is 30.4 Å². The van der Waals surface area contributed by atoms with Gasteiger partial charge in [0.1, 0.15) is 0 Å². The molecule has 0 saturated carbocycles. The van der Waals surface area contributed by atoms with Crippen molar-refractivity contribution >= 4 is 0 Å². The van der Waals surface area contributed by atoms with E-state index in [0.717, 1.165) is 13.0 Å². The summed E-state index contributed by atoms with van der Waals surface area (Å²) >= 11 is 0. The minimum absolute atomic E-state index is 0.513. The summed E-state index contributed by atoms with van der Waals surface area (Å²) in [6, 6.07) is 9.49. The van der Waals surface area contributed by atoms with E-state index in [2.05, 4.69) is 43.4 Å². The van der Waals surface area contributed by atoms with Crippen molar-refractivity contribution in [1.82, 2.24) is 5.32 Å². The zero-order chi connectivity index (χ0) is 13.2. The van der Waals surface area contributed by atoms with Crippen molar-refractivity contribution in [2.75, 3.05) is 6.54 Å². The average Bonchev–Trinajstić information content (AvgIpc) is 3.00. The summed E-state index contributed by atoms with van der Waals surface area (Å²) in [5.74, 6) is 0.708. The van der Waals surface area contributed by atoms with Gasteiger partial charge in [-0.05, 0) is 44.7 Å². The molecule has 4 unspecified atom stereocenters. The molecule has 19 heavy (non-hydrogen) atoms. The summed E-state index contributed by atoms with van der Waals surface area (Å²) in [5, 5.41) is 3.70. The minimum atomic E-state index is 0.513. The molecule has 0 aromatic heterocycles. The number of likely N-dealkylation sites (N-methyl/N-ethyl adjacent to an activating group) is 1. The lowest BCUT2D eigenvalue weighted by Crippen LogP contribution is -2.42. The van der Waals surface area contributed by atoms with Crippen LogP contribution in [0.15, 0.2) is 24.3 Å². The van der Waals surface area contributed by atoms with Crippen LogP contribution in [0, 0.1) is 12.8 Å². The molecule has 2 saturated heterocycles. The summed E-state index contributed by atoms with van der Waals surface area (Å²) in [5.41, 5.74) is 2.81. The fourth-order valence-electron chi connectivity index (χ4n) is 3.83. The molecule has 2 aliphatic rings. The fourth-order valence-corrected chi connectivity index (χ4v) is 3.83. The largest absolute Gasteiger partial charge is 0.375 e. The number of nitrogens with one attached hydrogen (secondary N) is 1. The van der Waals surface area contributed by atoms with Gasteiger partial charge >= 0.3 is 0 Å². The highest BCUT2D eigenvalue weighted by atomic mass is 16.5. The number of aryl methyl sites for hydroxylation is 1. The topological polar surface area (TPSA) is 21.3 Å². The highest BCUT2D eigenvalue weighted by molar-refractivity contribution is 5.23. The highest BCUT2D eigenvalue weighted by Gasteiger charge is 2.43. The smallest absolute Gasteiger partial charge is 0.0623 e. The van der Waals surface area contributed by atoms with E-state index >= 15 is 0 Å². The molecular formula is C17H25NO. The Morgan fingerprint density at radius 2 is 2.26 bits per heavy atom. The van der Waals surface area contributed by atoms with E-state index in [4.69, 9.17) is 4.74 Å². The van der Waals surface area contributed by atoms with Crippen LogP contribution >= 0.6 is 0 Å². The molecule has 2 heteroatoms. The molecule has 4 atom stereocenters.